The molecule has 2 unspecified atom stereocenters. The minimum atomic E-state index is 0.220. The van der Waals surface area contributed by atoms with Gasteiger partial charge in [-0.05, 0) is 64.5 Å². The van der Waals surface area contributed by atoms with Crippen molar-refractivity contribution in [2.24, 2.45) is 17.8 Å². The maximum atomic E-state index is 13.1. The quantitative estimate of drug-likeness (QED) is 0.795. The van der Waals surface area contributed by atoms with Crippen molar-refractivity contribution in [1.82, 2.24) is 14.8 Å². The Hall–Kier alpha value is -1.62. The van der Waals surface area contributed by atoms with Gasteiger partial charge in [0.15, 0.2) is 0 Å². The summed E-state index contributed by atoms with van der Waals surface area (Å²) in [4.78, 5) is 22.4. The molecule has 0 spiro atoms. The van der Waals surface area contributed by atoms with Crippen molar-refractivity contribution in [1.29, 1.82) is 0 Å². The van der Waals surface area contributed by atoms with Crippen LogP contribution < -0.4 is 4.74 Å². The highest BCUT2D eigenvalue weighted by Gasteiger charge is 2.39. The third-order valence-corrected chi connectivity index (χ3v) is 7.35. The van der Waals surface area contributed by atoms with E-state index in [2.05, 4.69) is 21.7 Å². The zero-order chi connectivity index (χ0) is 19.7. The molecule has 2 aliphatic heterocycles. The third-order valence-electron chi connectivity index (χ3n) is 7.35. The average Bonchev–Trinajstić information content (AvgIpc) is 3.15. The molecule has 3 fully saturated rings. The molecule has 5 heteroatoms. The Bertz CT molecular complexity index is 698. The molecule has 3 heterocycles. The average molecular weight is 386 g/mol. The molecule has 1 saturated carbocycles. The summed E-state index contributed by atoms with van der Waals surface area (Å²) in [6, 6.07) is 0. The first-order chi connectivity index (χ1) is 13.6. The summed E-state index contributed by atoms with van der Waals surface area (Å²) >= 11 is 0. The van der Waals surface area contributed by atoms with Gasteiger partial charge in [0, 0.05) is 42.9 Å². The maximum absolute atomic E-state index is 13.1. The molecule has 5 nitrogen and oxygen atoms in total. The van der Waals surface area contributed by atoms with Gasteiger partial charge in [-0.3, -0.25) is 14.7 Å². The monoisotopic (exact) mass is 385 g/mol. The fraction of sp³-hybridized carbons (Fsp3) is 0.739. The van der Waals surface area contributed by atoms with E-state index in [-0.39, 0.29) is 5.92 Å². The van der Waals surface area contributed by atoms with Crippen molar-refractivity contribution < 1.29 is 9.53 Å². The molecule has 1 aromatic heterocycles. The second-order valence-electron chi connectivity index (χ2n) is 9.14. The Kier molecular flexibility index (Phi) is 5.91. The number of fused-ring (bicyclic) bond motifs is 1. The molecule has 2 saturated heterocycles. The number of methoxy groups -OCH3 is 1. The van der Waals surface area contributed by atoms with Crippen molar-refractivity contribution in [2.45, 2.75) is 58.9 Å². The van der Waals surface area contributed by atoms with Crippen molar-refractivity contribution in [3.05, 3.63) is 23.0 Å². The van der Waals surface area contributed by atoms with Crippen LogP contribution in [-0.2, 0) is 11.3 Å². The lowest BCUT2D eigenvalue weighted by Crippen LogP contribution is -2.41. The summed E-state index contributed by atoms with van der Waals surface area (Å²) in [6.07, 6.45) is 9.25. The molecule has 1 aliphatic carbocycles. The highest BCUT2D eigenvalue weighted by molar-refractivity contribution is 5.79. The Morgan fingerprint density at radius 3 is 2.36 bits per heavy atom. The summed E-state index contributed by atoms with van der Waals surface area (Å²) in [5, 5.41) is 0. The van der Waals surface area contributed by atoms with Crippen LogP contribution in [0.1, 0.15) is 55.3 Å². The van der Waals surface area contributed by atoms with Crippen molar-refractivity contribution in [2.75, 3.05) is 33.3 Å². The van der Waals surface area contributed by atoms with Crippen LogP contribution in [0.15, 0.2) is 6.20 Å². The number of amides is 1. The maximum Gasteiger partial charge on any atom is 0.225 e. The standard InChI is InChI=1S/C23H35N3O2/c1-16-12-24-21(17(2)22(16)28-3)15-25-10-8-18(9-11-25)23(27)26-13-19-6-4-5-7-20(19)14-26/h12,18-20H,4-11,13-15H2,1-3H3. The summed E-state index contributed by atoms with van der Waals surface area (Å²) in [5.74, 6) is 3.16. The van der Waals surface area contributed by atoms with E-state index < -0.39 is 0 Å². The van der Waals surface area contributed by atoms with Crippen LogP contribution in [0.25, 0.3) is 0 Å². The highest BCUT2D eigenvalue weighted by atomic mass is 16.5. The number of hydrogen-bond donors (Lipinski definition) is 0. The van der Waals surface area contributed by atoms with Gasteiger partial charge in [-0.1, -0.05) is 12.8 Å². The predicted molar refractivity (Wildman–Crippen MR) is 110 cm³/mol. The van der Waals surface area contributed by atoms with E-state index in [4.69, 9.17) is 4.74 Å². The van der Waals surface area contributed by atoms with Crippen LogP contribution in [0, 0.1) is 31.6 Å². The number of hydrogen-bond acceptors (Lipinski definition) is 4. The smallest absolute Gasteiger partial charge is 0.225 e. The van der Waals surface area contributed by atoms with Crippen LogP contribution in [0.5, 0.6) is 5.75 Å². The molecule has 0 radical (unpaired) electrons. The van der Waals surface area contributed by atoms with E-state index in [0.29, 0.717) is 5.91 Å². The number of likely N-dealkylation sites (tertiary alicyclic amines) is 2. The molecule has 1 aromatic rings. The molecule has 28 heavy (non-hydrogen) atoms. The zero-order valence-corrected chi connectivity index (χ0v) is 17.7. The predicted octanol–water partition coefficient (Wildman–Crippen LogP) is 3.57. The first kappa shape index (κ1) is 19.7. The third kappa shape index (κ3) is 3.91. The lowest BCUT2D eigenvalue weighted by Gasteiger charge is -2.33. The summed E-state index contributed by atoms with van der Waals surface area (Å²) in [5.41, 5.74) is 3.32. The van der Waals surface area contributed by atoms with Crippen molar-refractivity contribution in [3.8, 4) is 5.75 Å². The number of carbonyl (C=O) groups is 1. The van der Waals surface area contributed by atoms with Crippen LogP contribution in [0.2, 0.25) is 0 Å². The van der Waals surface area contributed by atoms with Crippen LogP contribution >= 0.6 is 0 Å². The van der Waals surface area contributed by atoms with Gasteiger partial charge in [-0.15, -0.1) is 0 Å². The first-order valence-corrected chi connectivity index (χ1v) is 11.1. The fourth-order valence-corrected chi connectivity index (χ4v) is 5.62. The number of carbonyl (C=O) groups excluding carboxylic acids is 1. The van der Waals surface area contributed by atoms with Crippen LogP contribution in [0.3, 0.4) is 0 Å². The Balaban J connectivity index is 1.31. The van der Waals surface area contributed by atoms with Gasteiger partial charge in [0.05, 0.1) is 12.8 Å². The molecule has 3 aliphatic rings. The lowest BCUT2D eigenvalue weighted by molar-refractivity contribution is -0.136. The van der Waals surface area contributed by atoms with E-state index in [1.54, 1.807) is 7.11 Å². The van der Waals surface area contributed by atoms with E-state index in [0.717, 1.165) is 80.0 Å². The van der Waals surface area contributed by atoms with Crippen molar-refractivity contribution >= 4 is 5.91 Å². The Morgan fingerprint density at radius 2 is 1.75 bits per heavy atom. The van der Waals surface area contributed by atoms with Crippen LogP contribution in [0.4, 0.5) is 0 Å². The second kappa shape index (κ2) is 8.40. The first-order valence-electron chi connectivity index (χ1n) is 11.1. The summed E-state index contributed by atoms with van der Waals surface area (Å²) in [7, 11) is 1.73. The Labute approximate surface area is 169 Å². The molecular weight excluding hydrogens is 350 g/mol. The molecule has 2 atom stereocenters. The molecule has 0 bridgehead atoms. The van der Waals surface area contributed by atoms with Gasteiger partial charge in [-0.2, -0.15) is 0 Å². The van der Waals surface area contributed by atoms with E-state index in [9.17, 15) is 4.79 Å². The van der Waals surface area contributed by atoms with E-state index in [1.807, 2.05) is 13.1 Å². The van der Waals surface area contributed by atoms with E-state index >= 15 is 0 Å². The van der Waals surface area contributed by atoms with Crippen LogP contribution in [-0.4, -0.2) is 54.0 Å². The van der Waals surface area contributed by atoms with Gasteiger partial charge in [0.2, 0.25) is 5.91 Å². The molecule has 1 amide bonds. The van der Waals surface area contributed by atoms with E-state index in [1.165, 1.54) is 25.7 Å². The fourth-order valence-electron chi connectivity index (χ4n) is 5.62. The van der Waals surface area contributed by atoms with Gasteiger partial charge >= 0.3 is 0 Å². The SMILES string of the molecule is COc1c(C)cnc(CN2CCC(C(=O)N3CC4CCCCC4C3)CC2)c1C. The van der Waals surface area contributed by atoms with Gasteiger partial charge in [0.25, 0.3) is 0 Å². The minimum Gasteiger partial charge on any atom is -0.496 e. The second-order valence-corrected chi connectivity index (χ2v) is 9.14. The molecule has 154 valence electrons. The number of aromatic nitrogens is 1. The molecule has 4 rings (SSSR count). The number of piperidine rings is 1. The highest BCUT2D eigenvalue weighted by Crippen LogP contribution is 2.37. The van der Waals surface area contributed by atoms with Crippen molar-refractivity contribution in [3.63, 3.8) is 0 Å². The number of rotatable bonds is 4. The largest absolute Gasteiger partial charge is 0.496 e. The molecule has 0 aromatic carbocycles. The van der Waals surface area contributed by atoms with Gasteiger partial charge < -0.3 is 9.64 Å². The Morgan fingerprint density at radius 1 is 1.11 bits per heavy atom. The summed E-state index contributed by atoms with van der Waals surface area (Å²) in [6.45, 7) is 8.98. The number of ether oxygens (including phenoxy) is 1. The van der Waals surface area contributed by atoms with Gasteiger partial charge in [-0.25, -0.2) is 0 Å². The number of nitrogens with zero attached hydrogens (tertiary/aromatic N) is 3. The zero-order valence-electron chi connectivity index (χ0n) is 17.7. The number of aryl methyl sites for hydroxylation is 1. The molecular formula is C23H35N3O2. The van der Waals surface area contributed by atoms with Gasteiger partial charge in [0.1, 0.15) is 5.75 Å². The number of pyridine rings is 1. The summed E-state index contributed by atoms with van der Waals surface area (Å²) < 4.78 is 5.54. The topological polar surface area (TPSA) is 45.7 Å². The minimum absolute atomic E-state index is 0.220. The normalized spacial score (nSPS) is 26.3. The molecule has 0 N–H and O–H groups in total. The lowest BCUT2D eigenvalue weighted by atomic mass is 9.82.